The summed E-state index contributed by atoms with van der Waals surface area (Å²) < 4.78 is 13.3. The highest BCUT2D eigenvalue weighted by atomic mass is 19.1. The van der Waals surface area contributed by atoms with Crippen LogP contribution in [0.3, 0.4) is 0 Å². The van der Waals surface area contributed by atoms with Crippen molar-refractivity contribution in [3.05, 3.63) is 42.0 Å². The standard InChI is InChI=1S/C14H16FN3/c15-12-5-1-3-10(7-12)13-9-17-18-14(13)11-4-2-6-16-8-11/h1,3,5,7,9,11,16H,2,4,6,8H2,(H,17,18)/t11-/m1/s1. The number of halogens is 1. The Labute approximate surface area is 105 Å². The van der Waals surface area contributed by atoms with Crippen LogP contribution in [0.4, 0.5) is 4.39 Å². The van der Waals surface area contributed by atoms with Gasteiger partial charge in [0.1, 0.15) is 5.82 Å². The second-order valence-electron chi connectivity index (χ2n) is 4.75. The fourth-order valence-electron chi connectivity index (χ4n) is 2.59. The van der Waals surface area contributed by atoms with E-state index in [0.29, 0.717) is 5.92 Å². The van der Waals surface area contributed by atoms with E-state index in [4.69, 9.17) is 0 Å². The van der Waals surface area contributed by atoms with E-state index in [9.17, 15) is 4.39 Å². The number of benzene rings is 1. The summed E-state index contributed by atoms with van der Waals surface area (Å²) in [4.78, 5) is 0. The summed E-state index contributed by atoms with van der Waals surface area (Å²) in [7, 11) is 0. The predicted molar refractivity (Wildman–Crippen MR) is 68.8 cm³/mol. The number of H-pyrrole nitrogens is 1. The molecule has 1 aromatic carbocycles. The number of nitrogens with zero attached hydrogens (tertiary/aromatic N) is 1. The summed E-state index contributed by atoms with van der Waals surface area (Å²) in [6.07, 6.45) is 4.11. The molecule has 1 atom stereocenters. The van der Waals surface area contributed by atoms with E-state index in [1.54, 1.807) is 18.3 Å². The van der Waals surface area contributed by atoms with Crippen molar-refractivity contribution in [3.63, 3.8) is 0 Å². The minimum absolute atomic E-state index is 0.207. The van der Waals surface area contributed by atoms with Crippen molar-refractivity contribution in [2.75, 3.05) is 13.1 Å². The van der Waals surface area contributed by atoms with Crippen LogP contribution in [0.25, 0.3) is 11.1 Å². The Bertz CT molecular complexity index is 529. The van der Waals surface area contributed by atoms with Crippen molar-refractivity contribution >= 4 is 0 Å². The molecule has 94 valence electrons. The van der Waals surface area contributed by atoms with Gasteiger partial charge >= 0.3 is 0 Å². The van der Waals surface area contributed by atoms with Crippen molar-refractivity contribution in [1.82, 2.24) is 15.5 Å². The molecule has 2 heterocycles. The van der Waals surface area contributed by atoms with Gasteiger partial charge in [0.15, 0.2) is 0 Å². The number of aromatic amines is 1. The summed E-state index contributed by atoms with van der Waals surface area (Å²) in [5.74, 6) is 0.237. The Kier molecular flexibility index (Phi) is 3.11. The minimum atomic E-state index is -0.207. The van der Waals surface area contributed by atoms with Crippen LogP contribution in [0.15, 0.2) is 30.5 Å². The van der Waals surface area contributed by atoms with E-state index in [-0.39, 0.29) is 5.82 Å². The normalized spacial score (nSPS) is 19.9. The zero-order valence-corrected chi connectivity index (χ0v) is 10.1. The van der Waals surface area contributed by atoms with E-state index >= 15 is 0 Å². The fraction of sp³-hybridized carbons (Fsp3) is 0.357. The summed E-state index contributed by atoms with van der Waals surface area (Å²) in [5.41, 5.74) is 3.03. The molecule has 3 rings (SSSR count). The highest BCUT2D eigenvalue weighted by molar-refractivity contribution is 5.65. The molecule has 1 aromatic heterocycles. The van der Waals surface area contributed by atoms with Gasteiger partial charge in [0.25, 0.3) is 0 Å². The highest BCUT2D eigenvalue weighted by Gasteiger charge is 2.20. The van der Waals surface area contributed by atoms with Gasteiger partial charge in [0, 0.05) is 23.7 Å². The van der Waals surface area contributed by atoms with Gasteiger partial charge in [0.05, 0.1) is 6.20 Å². The van der Waals surface area contributed by atoms with Gasteiger partial charge in [-0.1, -0.05) is 12.1 Å². The second-order valence-corrected chi connectivity index (χ2v) is 4.75. The smallest absolute Gasteiger partial charge is 0.123 e. The lowest BCUT2D eigenvalue weighted by atomic mass is 9.91. The van der Waals surface area contributed by atoms with Crippen LogP contribution in [0.1, 0.15) is 24.5 Å². The average molecular weight is 245 g/mol. The first-order chi connectivity index (χ1) is 8.84. The van der Waals surface area contributed by atoms with Crippen molar-refractivity contribution < 1.29 is 4.39 Å². The SMILES string of the molecule is Fc1cccc(-c2cn[nH]c2[C@@H]2CCCNC2)c1. The Morgan fingerprint density at radius 1 is 1.33 bits per heavy atom. The lowest BCUT2D eigenvalue weighted by Crippen LogP contribution is -2.28. The van der Waals surface area contributed by atoms with Gasteiger partial charge in [-0.3, -0.25) is 5.10 Å². The van der Waals surface area contributed by atoms with Crippen molar-refractivity contribution in [2.24, 2.45) is 0 Å². The third-order valence-electron chi connectivity index (χ3n) is 3.51. The monoisotopic (exact) mass is 245 g/mol. The lowest BCUT2D eigenvalue weighted by Gasteiger charge is -2.22. The molecule has 0 saturated carbocycles. The van der Waals surface area contributed by atoms with Crippen LogP contribution < -0.4 is 5.32 Å². The minimum Gasteiger partial charge on any atom is -0.316 e. The van der Waals surface area contributed by atoms with Gasteiger partial charge in [0.2, 0.25) is 0 Å². The lowest BCUT2D eigenvalue weighted by molar-refractivity contribution is 0.455. The van der Waals surface area contributed by atoms with Crippen molar-refractivity contribution in [3.8, 4) is 11.1 Å². The number of aromatic nitrogens is 2. The van der Waals surface area contributed by atoms with Gasteiger partial charge < -0.3 is 5.32 Å². The molecule has 1 aliphatic rings. The topological polar surface area (TPSA) is 40.7 Å². The molecule has 0 bridgehead atoms. The molecule has 1 fully saturated rings. The molecule has 18 heavy (non-hydrogen) atoms. The molecule has 2 aromatic rings. The largest absolute Gasteiger partial charge is 0.316 e. The van der Waals surface area contributed by atoms with E-state index in [1.807, 2.05) is 6.07 Å². The maximum absolute atomic E-state index is 13.3. The van der Waals surface area contributed by atoms with Gasteiger partial charge in [-0.15, -0.1) is 0 Å². The zero-order chi connectivity index (χ0) is 12.4. The van der Waals surface area contributed by atoms with Crippen LogP contribution in [-0.2, 0) is 0 Å². The van der Waals surface area contributed by atoms with E-state index in [0.717, 1.165) is 36.3 Å². The van der Waals surface area contributed by atoms with Crippen LogP contribution >= 0.6 is 0 Å². The molecule has 3 nitrogen and oxygen atoms in total. The summed E-state index contributed by atoms with van der Waals surface area (Å²) in [6, 6.07) is 6.68. The molecule has 2 N–H and O–H groups in total. The molecule has 0 aliphatic carbocycles. The van der Waals surface area contributed by atoms with Gasteiger partial charge in [-0.25, -0.2) is 4.39 Å². The van der Waals surface area contributed by atoms with Crippen LogP contribution in [0.5, 0.6) is 0 Å². The first-order valence-electron chi connectivity index (χ1n) is 6.34. The summed E-state index contributed by atoms with van der Waals surface area (Å²) in [5, 5.41) is 10.6. The molecule has 1 saturated heterocycles. The first kappa shape index (κ1) is 11.4. The number of piperidine rings is 1. The van der Waals surface area contributed by atoms with Crippen LogP contribution in [0.2, 0.25) is 0 Å². The Hall–Kier alpha value is -1.68. The number of rotatable bonds is 2. The molecule has 0 unspecified atom stereocenters. The highest BCUT2D eigenvalue weighted by Crippen LogP contribution is 2.31. The van der Waals surface area contributed by atoms with Crippen molar-refractivity contribution in [2.45, 2.75) is 18.8 Å². The molecular formula is C14H16FN3. The maximum Gasteiger partial charge on any atom is 0.123 e. The van der Waals surface area contributed by atoms with E-state index in [2.05, 4.69) is 15.5 Å². The van der Waals surface area contributed by atoms with E-state index < -0.39 is 0 Å². The zero-order valence-electron chi connectivity index (χ0n) is 10.1. The summed E-state index contributed by atoms with van der Waals surface area (Å²) in [6.45, 7) is 2.05. The van der Waals surface area contributed by atoms with Crippen LogP contribution in [-0.4, -0.2) is 23.3 Å². The maximum atomic E-state index is 13.3. The predicted octanol–water partition coefficient (Wildman–Crippen LogP) is 2.68. The third-order valence-corrected chi connectivity index (χ3v) is 3.51. The molecular weight excluding hydrogens is 229 g/mol. The van der Waals surface area contributed by atoms with Gasteiger partial charge in [-0.2, -0.15) is 5.10 Å². The molecule has 1 aliphatic heterocycles. The molecule has 0 spiro atoms. The quantitative estimate of drug-likeness (QED) is 0.854. The number of nitrogens with one attached hydrogen (secondary N) is 2. The van der Waals surface area contributed by atoms with Crippen LogP contribution in [0, 0.1) is 5.82 Å². The fourth-order valence-corrected chi connectivity index (χ4v) is 2.59. The number of hydrogen-bond acceptors (Lipinski definition) is 2. The molecule has 0 radical (unpaired) electrons. The Morgan fingerprint density at radius 2 is 2.28 bits per heavy atom. The van der Waals surface area contributed by atoms with Crippen molar-refractivity contribution in [1.29, 1.82) is 0 Å². The number of hydrogen-bond donors (Lipinski definition) is 2. The third kappa shape index (κ3) is 2.16. The first-order valence-corrected chi connectivity index (χ1v) is 6.34. The molecule has 0 amide bonds. The second kappa shape index (κ2) is 4.90. The van der Waals surface area contributed by atoms with E-state index in [1.165, 1.54) is 12.5 Å². The summed E-state index contributed by atoms with van der Waals surface area (Å²) >= 11 is 0. The average Bonchev–Trinajstić information content (AvgIpc) is 2.89. The molecule has 4 heteroatoms. The Balaban J connectivity index is 1.95. The Morgan fingerprint density at radius 3 is 3.06 bits per heavy atom. The van der Waals surface area contributed by atoms with Gasteiger partial charge in [-0.05, 0) is 37.1 Å².